The fourth-order valence-corrected chi connectivity index (χ4v) is 3.09. The van der Waals surface area contributed by atoms with Crippen molar-refractivity contribution >= 4 is 63.3 Å². The molecule has 0 atom stereocenters. The molecule has 24 heavy (non-hydrogen) atoms. The Labute approximate surface area is 170 Å². The average Bonchev–Trinajstić information content (AvgIpc) is 2.55. The van der Waals surface area contributed by atoms with Gasteiger partial charge in [-0.05, 0) is 31.2 Å². The molecular formula is C14H24ClIN4O2S2. The lowest BCUT2D eigenvalue weighted by Crippen LogP contribution is -2.42. The second-order valence-electron chi connectivity index (χ2n) is 4.53. The lowest BCUT2D eigenvalue weighted by atomic mass is 10.4. The van der Waals surface area contributed by atoms with Crippen LogP contribution in [0.15, 0.2) is 34.2 Å². The quantitative estimate of drug-likeness (QED) is 0.157. The Hall–Kier alpha value is -0.230. The van der Waals surface area contributed by atoms with Crippen molar-refractivity contribution in [2.24, 2.45) is 4.99 Å². The van der Waals surface area contributed by atoms with E-state index >= 15 is 0 Å². The van der Waals surface area contributed by atoms with E-state index in [2.05, 4.69) is 20.3 Å². The van der Waals surface area contributed by atoms with E-state index in [1.54, 1.807) is 25.7 Å². The van der Waals surface area contributed by atoms with Crippen LogP contribution in [0.4, 0.5) is 0 Å². The minimum absolute atomic E-state index is 0. The fourth-order valence-electron chi connectivity index (χ4n) is 1.58. The van der Waals surface area contributed by atoms with E-state index in [1.165, 1.54) is 0 Å². The van der Waals surface area contributed by atoms with Crippen LogP contribution in [0.3, 0.4) is 0 Å². The molecule has 0 saturated carbocycles. The van der Waals surface area contributed by atoms with E-state index in [9.17, 15) is 8.42 Å². The van der Waals surface area contributed by atoms with Crippen LogP contribution in [-0.4, -0.2) is 52.6 Å². The summed E-state index contributed by atoms with van der Waals surface area (Å²) in [6.45, 7) is 3.15. The van der Waals surface area contributed by atoms with E-state index in [-0.39, 0.29) is 29.7 Å². The van der Waals surface area contributed by atoms with Crippen molar-refractivity contribution < 1.29 is 8.42 Å². The van der Waals surface area contributed by atoms with Gasteiger partial charge < -0.3 is 10.6 Å². The van der Waals surface area contributed by atoms with Gasteiger partial charge in [-0.1, -0.05) is 11.6 Å². The van der Waals surface area contributed by atoms with E-state index < -0.39 is 10.0 Å². The summed E-state index contributed by atoms with van der Waals surface area (Å²) in [5.41, 5.74) is 0. The van der Waals surface area contributed by atoms with E-state index in [0.29, 0.717) is 19.0 Å². The third-order valence-corrected chi connectivity index (χ3v) is 5.49. The van der Waals surface area contributed by atoms with Crippen LogP contribution in [0.5, 0.6) is 0 Å². The first-order chi connectivity index (χ1) is 11.0. The number of sulfonamides is 1. The molecule has 3 N–H and O–H groups in total. The molecule has 0 aliphatic heterocycles. The zero-order valence-electron chi connectivity index (χ0n) is 13.7. The van der Waals surface area contributed by atoms with Gasteiger partial charge in [-0.2, -0.15) is 0 Å². The molecule has 10 heteroatoms. The van der Waals surface area contributed by atoms with Crippen LogP contribution in [0, 0.1) is 0 Å². The van der Waals surface area contributed by atoms with Crippen LogP contribution in [0.2, 0.25) is 5.02 Å². The molecule has 0 unspecified atom stereocenters. The number of nitrogens with one attached hydrogen (secondary N) is 3. The Morgan fingerprint density at radius 2 is 1.79 bits per heavy atom. The van der Waals surface area contributed by atoms with Gasteiger partial charge in [0.25, 0.3) is 0 Å². The number of thioether (sulfide) groups is 1. The molecule has 0 bridgehead atoms. The van der Waals surface area contributed by atoms with Crippen molar-refractivity contribution in [2.45, 2.75) is 11.8 Å². The Morgan fingerprint density at radius 1 is 1.17 bits per heavy atom. The normalized spacial score (nSPS) is 11.7. The molecule has 0 spiro atoms. The number of benzene rings is 1. The summed E-state index contributed by atoms with van der Waals surface area (Å²) in [5, 5.41) is 6.97. The standard InChI is InChI=1S/C14H23ClN4O2S2.HI/c1-3-23(20,21)19-9-8-17-14(16-2)18-10-11-22-13-6-4-12(15)5-7-13;/h4-7,19H,3,8-11H2,1-2H3,(H2,16,17,18);1H. The van der Waals surface area contributed by atoms with Crippen molar-refractivity contribution in [3.05, 3.63) is 29.3 Å². The molecule has 0 fully saturated rings. The van der Waals surface area contributed by atoms with Gasteiger partial charge in [0.1, 0.15) is 0 Å². The Kier molecular flexibility index (Phi) is 12.9. The third kappa shape index (κ3) is 10.6. The molecule has 6 nitrogen and oxygen atoms in total. The second kappa shape index (κ2) is 13.0. The topological polar surface area (TPSA) is 82.6 Å². The van der Waals surface area contributed by atoms with Gasteiger partial charge in [0.2, 0.25) is 10.0 Å². The molecule has 0 saturated heterocycles. The number of rotatable bonds is 9. The van der Waals surface area contributed by atoms with Crippen molar-refractivity contribution in [2.75, 3.05) is 38.2 Å². The van der Waals surface area contributed by atoms with Gasteiger partial charge in [0, 0.05) is 42.4 Å². The Balaban J connectivity index is 0.00000529. The van der Waals surface area contributed by atoms with Gasteiger partial charge in [0.15, 0.2) is 5.96 Å². The molecule has 1 rings (SSSR count). The SMILES string of the molecule is CCS(=O)(=O)NCCNC(=NC)NCCSc1ccc(Cl)cc1.I. The molecule has 0 aliphatic carbocycles. The zero-order chi connectivity index (χ0) is 17.1. The van der Waals surface area contributed by atoms with E-state index in [1.807, 2.05) is 24.3 Å². The minimum atomic E-state index is -3.14. The summed E-state index contributed by atoms with van der Waals surface area (Å²) in [6, 6.07) is 7.71. The summed E-state index contributed by atoms with van der Waals surface area (Å²) in [6.07, 6.45) is 0. The molecule has 1 aromatic carbocycles. The van der Waals surface area contributed by atoms with Gasteiger partial charge >= 0.3 is 0 Å². The molecule has 0 aliphatic rings. The lowest BCUT2D eigenvalue weighted by molar-refractivity contribution is 0.582. The maximum atomic E-state index is 11.3. The first kappa shape index (κ1) is 23.8. The van der Waals surface area contributed by atoms with E-state index in [4.69, 9.17) is 11.6 Å². The van der Waals surface area contributed by atoms with Crippen LogP contribution >= 0.6 is 47.3 Å². The highest BCUT2D eigenvalue weighted by atomic mass is 127. The highest BCUT2D eigenvalue weighted by molar-refractivity contribution is 14.0. The number of hydrogen-bond donors (Lipinski definition) is 3. The molecule has 1 aromatic rings. The van der Waals surface area contributed by atoms with Crippen LogP contribution < -0.4 is 15.4 Å². The molecule has 0 aromatic heterocycles. The number of halogens is 2. The highest BCUT2D eigenvalue weighted by Crippen LogP contribution is 2.19. The second-order valence-corrected chi connectivity index (χ2v) is 8.23. The number of hydrogen-bond acceptors (Lipinski definition) is 4. The summed E-state index contributed by atoms with van der Waals surface area (Å²) >= 11 is 7.56. The maximum Gasteiger partial charge on any atom is 0.211 e. The molecule has 0 amide bonds. The number of nitrogens with zero attached hydrogens (tertiary/aromatic N) is 1. The molecule has 0 radical (unpaired) electrons. The molecular weight excluding hydrogens is 483 g/mol. The first-order valence-electron chi connectivity index (χ1n) is 7.27. The predicted molar refractivity (Wildman–Crippen MR) is 114 cm³/mol. The van der Waals surface area contributed by atoms with Crippen molar-refractivity contribution in [3.63, 3.8) is 0 Å². The smallest absolute Gasteiger partial charge is 0.211 e. The minimum Gasteiger partial charge on any atom is -0.356 e. The fraction of sp³-hybridized carbons (Fsp3) is 0.500. The average molecular weight is 507 g/mol. The first-order valence-corrected chi connectivity index (χ1v) is 10.3. The van der Waals surface area contributed by atoms with Gasteiger partial charge in [-0.15, -0.1) is 35.7 Å². The third-order valence-electron chi connectivity index (χ3n) is 2.82. The Bertz CT molecular complexity index is 597. The van der Waals surface area contributed by atoms with Crippen molar-refractivity contribution in [3.8, 4) is 0 Å². The number of guanidine groups is 1. The Morgan fingerprint density at radius 3 is 2.38 bits per heavy atom. The summed E-state index contributed by atoms with van der Waals surface area (Å²) < 4.78 is 25.1. The molecule has 138 valence electrons. The van der Waals surface area contributed by atoms with Gasteiger partial charge in [0.05, 0.1) is 5.75 Å². The van der Waals surface area contributed by atoms with Crippen LogP contribution in [0.25, 0.3) is 0 Å². The number of aliphatic imine (C=N–C) groups is 1. The van der Waals surface area contributed by atoms with Crippen LogP contribution in [-0.2, 0) is 10.0 Å². The summed E-state index contributed by atoms with van der Waals surface area (Å²) in [5.74, 6) is 1.62. The zero-order valence-corrected chi connectivity index (χ0v) is 18.4. The summed E-state index contributed by atoms with van der Waals surface area (Å²) in [7, 11) is -1.46. The maximum absolute atomic E-state index is 11.3. The highest BCUT2D eigenvalue weighted by Gasteiger charge is 2.04. The van der Waals surface area contributed by atoms with Gasteiger partial charge in [-0.25, -0.2) is 13.1 Å². The van der Waals surface area contributed by atoms with Crippen molar-refractivity contribution in [1.29, 1.82) is 0 Å². The van der Waals surface area contributed by atoms with Crippen molar-refractivity contribution in [1.82, 2.24) is 15.4 Å². The predicted octanol–water partition coefficient (Wildman–Crippen LogP) is 2.15. The monoisotopic (exact) mass is 506 g/mol. The van der Waals surface area contributed by atoms with Crippen LogP contribution in [0.1, 0.15) is 6.92 Å². The lowest BCUT2D eigenvalue weighted by Gasteiger charge is -2.12. The molecule has 0 heterocycles. The largest absolute Gasteiger partial charge is 0.356 e. The van der Waals surface area contributed by atoms with Gasteiger partial charge in [-0.3, -0.25) is 4.99 Å². The summed E-state index contributed by atoms with van der Waals surface area (Å²) in [4.78, 5) is 5.25. The van der Waals surface area contributed by atoms with E-state index in [0.717, 1.165) is 22.2 Å².